The van der Waals surface area contributed by atoms with Crippen LogP contribution < -0.4 is 10.6 Å². The summed E-state index contributed by atoms with van der Waals surface area (Å²) in [6.45, 7) is 8.50. The molecule has 0 rings (SSSR count). The van der Waals surface area contributed by atoms with E-state index in [-0.39, 0.29) is 5.91 Å². The van der Waals surface area contributed by atoms with Gasteiger partial charge in [-0.3, -0.25) is 4.79 Å². The second-order valence-corrected chi connectivity index (χ2v) is 5.32. The first-order chi connectivity index (χ1) is 7.16. The molecule has 0 spiro atoms. The summed E-state index contributed by atoms with van der Waals surface area (Å²) in [7, 11) is 0. The second-order valence-electron chi connectivity index (χ2n) is 3.93. The number of carbonyl (C=O) groups excluding carboxylic acids is 1. The first-order valence-electron chi connectivity index (χ1n) is 5.72. The van der Waals surface area contributed by atoms with E-state index in [2.05, 4.69) is 31.4 Å². The molecule has 0 aromatic heterocycles. The van der Waals surface area contributed by atoms with Crippen molar-refractivity contribution in [3.05, 3.63) is 0 Å². The van der Waals surface area contributed by atoms with Gasteiger partial charge < -0.3 is 10.6 Å². The predicted octanol–water partition coefficient (Wildman–Crippen LogP) is 1.49. The highest BCUT2D eigenvalue weighted by molar-refractivity contribution is 7.99. The molecular weight excluding hydrogens is 208 g/mol. The van der Waals surface area contributed by atoms with Gasteiger partial charge in [0.25, 0.3) is 0 Å². The summed E-state index contributed by atoms with van der Waals surface area (Å²) in [5.41, 5.74) is 0. The van der Waals surface area contributed by atoms with Crippen molar-refractivity contribution in [3.63, 3.8) is 0 Å². The van der Waals surface area contributed by atoms with Crippen molar-refractivity contribution in [1.29, 1.82) is 0 Å². The largest absolute Gasteiger partial charge is 0.355 e. The maximum Gasteiger partial charge on any atom is 0.233 e. The Labute approximate surface area is 97.8 Å². The van der Waals surface area contributed by atoms with Crippen LogP contribution in [0.4, 0.5) is 0 Å². The van der Waals surface area contributed by atoms with Crippen LogP contribution in [0.1, 0.15) is 27.2 Å². The van der Waals surface area contributed by atoms with E-state index >= 15 is 0 Å². The number of hydrogen-bond donors (Lipinski definition) is 2. The summed E-state index contributed by atoms with van der Waals surface area (Å²) >= 11 is 1.94. The maximum atomic E-state index is 11.3. The van der Waals surface area contributed by atoms with Crippen LogP contribution in [0.25, 0.3) is 0 Å². The zero-order chi connectivity index (χ0) is 11.5. The van der Waals surface area contributed by atoms with Gasteiger partial charge in [-0.1, -0.05) is 20.8 Å². The molecule has 4 heteroatoms. The molecule has 0 aliphatic rings. The lowest BCUT2D eigenvalue weighted by atomic mass is 10.2. The topological polar surface area (TPSA) is 41.1 Å². The average molecular weight is 232 g/mol. The molecule has 0 bridgehead atoms. The number of nitrogens with one attached hydrogen (secondary N) is 2. The van der Waals surface area contributed by atoms with E-state index in [1.165, 1.54) is 11.5 Å². The van der Waals surface area contributed by atoms with Crippen LogP contribution >= 0.6 is 11.8 Å². The van der Waals surface area contributed by atoms with Gasteiger partial charge in [0.2, 0.25) is 5.91 Å². The standard InChI is InChI=1S/C11H24N2OS/c1-4-15-7-5-6-12-9-11(14)13-8-10(2)3/h10,12H,4-9H2,1-3H3,(H,13,14). The van der Waals surface area contributed by atoms with Gasteiger partial charge in [-0.05, 0) is 30.4 Å². The highest BCUT2D eigenvalue weighted by Crippen LogP contribution is 1.99. The van der Waals surface area contributed by atoms with Gasteiger partial charge in [0.15, 0.2) is 0 Å². The minimum Gasteiger partial charge on any atom is -0.355 e. The van der Waals surface area contributed by atoms with Gasteiger partial charge >= 0.3 is 0 Å². The summed E-state index contributed by atoms with van der Waals surface area (Å²) in [5.74, 6) is 2.98. The summed E-state index contributed by atoms with van der Waals surface area (Å²) in [6, 6.07) is 0. The second kappa shape index (κ2) is 10.3. The lowest BCUT2D eigenvalue weighted by Crippen LogP contribution is -2.36. The van der Waals surface area contributed by atoms with Crippen LogP contribution in [0.3, 0.4) is 0 Å². The first kappa shape index (κ1) is 14.8. The molecule has 0 aromatic rings. The molecule has 0 fully saturated rings. The summed E-state index contributed by atoms with van der Waals surface area (Å²) in [4.78, 5) is 11.3. The smallest absolute Gasteiger partial charge is 0.233 e. The molecular formula is C11H24N2OS. The van der Waals surface area contributed by atoms with Gasteiger partial charge in [-0.25, -0.2) is 0 Å². The number of rotatable bonds is 9. The fourth-order valence-corrected chi connectivity index (χ4v) is 1.66. The molecule has 15 heavy (non-hydrogen) atoms. The Morgan fingerprint density at radius 2 is 2.13 bits per heavy atom. The molecule has 0 saturated heterocycles. The van der Waals surface area contributed by atoms with Crippen molar-refractivity contribution < 1.29 is 4.79 Å². The zero-order valence-corrected chi connectivity index (χ0v) is 11.0. The Bertz CT molecular complexity index is 163. The Hall–Kier alpha value is -0.220. The zero-order valence-electron chi connectivity index (χ0n) is 10.1. The number of thioether (sulfide) groups is 1. The monoisotopic (exact) mass is 232 g/mol. The van der Waals surface area contributed by atoms with Crippen LogP contribution in [0, 0.1) is 5.92 Å². The normalized spacial score (nSPS) is 10.7. The number of hydrogen-bond acceptors (Lipinski definition) is 3. The molecule has 0 atom stereocenters. The minimum atomic E-state index is 0.104. The Morgan fingerprint density at radius 3 is 2.73 bits per heavy atom. The van der Waals surface area contributed by atoms with Crippen molar-refractivity contribution in [2.45, 2.75) is 27.2 Å². The van der Waals surface area contributed by atoms with Crippen LogP contribution in [0.2, 0.25) is 0 Å². The molecule has 0 aliphatic heterocycles. The van der Waals surface area contributed by atoms with Crippen molar-refractivity contribution in [2.24, 2.45) is 5.92 Å². The number of amides is 1. The van der Waals surface area contributed by atoms with E-state index in [1.807, 2.05) is 11.8 Å². The lowest BCUT2D eigenvalue weighted by Gasteiger charge is -2.08. The van der Waals surface area contributed by atoms with E-state index in [4.69, 9.17) is 0 Å². The SMILES string of the molecule is CCSCCCNCC(=O)NCC(C)C. The van der Waals surface area contributed by atoms with E-state index in [0.717, 1.165) is 19.5 Å². The summed E-state index contributed by atoms with van der Waals surface area (Å²) in [5, 5.41) is 6.02. The quantitative estimate of drug-likeness (QED) is 0.592. The highest BCUT2D eigenvalue weighted by Gasteiger charge is 2.00. The van der Waals surface area contributed by atoms with Gasteiger partial charge in [-0.15, -0.1) is 0 Å². The third-order valence-corrected chi connectivity index (χ3v) is 2.82. The fraction of sp³-hybridized carbons (Fsp3) is 0.909. The molecule has 0 aliphatic carbocycles. The third-order valence-electron chi connectivity index (χ3n) is 1.84. The lowest BCUT2D eigenvalue weighted by molar-refractivity contribution is -0.120. The van der Waals surface area contributed by atoms with Crippen molar-refractivity contribution in [1.82, 2.24) is 10.6 Å². The molecule has 1 amide bonds. The summed E-state index contributed by atoms with van der Waals surface area (Å²) in [6.07, 6.45) is 1.13. The van der Waals surface area contributed by atoms with Crippen LogP contribution in [-0.4, -0.2) is 37.0 Å². The molecule has 90 valence electrons. The predicted molar refractivity (Wildman–Crippen MR) is 68.3 cm³/mol. The third kappa shape index (κ3) is 11.7. The van der Waals surface area contributed by atoms with Crippen LogP contribution in [0.15, 0.2) is 0 Å². The van der Waals surface area contributed by atoms with Crippen molar-refractivity contribution >= 4 is 17.7 Å². The van der Waals surface area contributed by atoms with Gasteiger partial charge in [0.05, 0.1) is 6.54 Å². The fourth-order valence-electron chi connectivity index (χ4n) is 1.03. The molecule has 0 saturated carbocycles. The highest BCUT2D eigenvalue weighted by atomic mass is 32.2. The Morgan fingerprint density at radius 1 is 1.40 bits per heavy atom. The summed E-state index contributed by atoms with van der Waals surface area (Å²) < 4.78 is 0. The van der Waals surface area contributed by atoms with E-state index < -0.39 is 0 Å². The van der Waals surface area contributed by atoms with Gasteiger partial charge in [0.1, 0.15) is 0 Å². The van der Waals surface area contributed by atoms with Crippen LogP contribution in [0.5, 0.6) is 0 Å². The van der Waals surface area contributed by atoms with Crippen molar-refractivity contribution in [3.8, 4) is 0 Å². The molecule has 3 nitrogen and oxygen atoms in total. The first-order valence-corrected chi connectivity index (χ1v) is 6.87. The van der Waals surface area contributed by atoms with Crippen molar-refractivity contribution in [2.75, 3.05) is 31.1 Å². The maximum absolute atomic E-state index is 11.3. The van der Waals surface area contributed by atoms with E-state index in [0.29, 0.717) is 12.5 Å². The molecule has 0 unspecified atom stereocenters. The van der Waals surface area contributed by atoms with E-state index in [9.17, 15) is 4.79 Å². The van der Waals surface area contributed by atoms with Crippen LogP contribution in [-0.2, 0) is 4.79 Å². The molecule has 0 aromatic carbocycles. The van der Waals surface area contributed by atoms with Gasteiger partial charge in [-0.2, -0.15) is 11.8 Å². The van der Waals surface area contributed by atoms with E-state index in [1.54, 1.807) is 0 Å². The molecule has 0 radical (unpaired) electrons. The Kier molecular flexibility index (Phi) is 10.2. The molecule has 2 N–H and O–H groups in total. The average Bonchev–Trinajstić information content (AvgIpc) is 2.20. The number of carbonyl (C=O) groups is 1. The van der Waals surface area contributed by atoms with Gasteiger partial charge in [0, 0.05) is 6.54 Å². The molecule has 0 heterocycles. The minimum absolute atomic E-state index is 0.104. The Balaban J connectivity index is 3.17.